The average Bonchev–Trinajstić information content (AvgIpc) is 2.75. The first-order valence-electron chi connectivity index (χ1n) is 9.89. The van der Waals surface area contributed by atoms with Crippen LogP contribution in [0.1, 0.15) is 11.1 Å². The number of benzene rings is 2. The van der Waals surface area contributed by atoms with Crippen molar-refractivity contribution in [2.45, 2.75) is 19.4 Å². The summed E-state index contributed by atoms with van der Waals surface area (Å²) in [6.07, 6.45) is 1.32. The number of nitrogens with zero attached hydrogens (tertiary/aromatic N) is 3. The smallest absolute Gasteiger partial charge is 0.334 e. The van der Waals surface area contributed by atoms with E-state index in [0.717, 1.165) is 10.1 Å². The standard InChI is InChI=1S/C22H20N6O5/c1-11-3-2-4-13(7-11)28-20(32)14-10-24-21(26-19(14)27-22(28)33)25-15(18(23)31)8-12-5-6-16(29)17(30)9-12/h2-7,9-10,15,29-30H,8H2,1H3,(H2,23,31)(H2,24,25,26,27,33)/t15-/m0/s1. The SMILES string of the molecule is Cc1cccc(-n2c(=O)[nH]c3nc(N[C@@H](Cc4ccc(O)c(O)c4)C(N)=O)ncc3c2=O)c1. The highest BCUT2D eigenvalue weighted by atomic mass is 16.3. The number of H-pyrrole nitrogens is 1. The number of anilines is 1. The third kappa shape index (κ3) is 4.37. The number of amides is 1. The summed E-state index contributed by atoms with van der Waals surface area (Å²) in [6, 6.07) is 10.1. The molecule has 0 aliphatic rings. The molecule has 6 N–H and O–H groups in total. The van der Waals surface area contributed by atoms with Crippen LogP contribution in [0.3, 0.4) is 0 Å². The van der Waals surface area contributed by atoms with Gasteiger partial charge in [0.25, 0.3) is 5.56 Å². The molecule has 0 saturated heterocycles. The summed E-state index contributed by atoms with van der Waals surface area (Å²) in [4.78, 5) is 48.3. The molecule has 33 heavy (non-hydrogen) atoms. The molecular weight excluding hydrogens is 428 g/mol. The number of nitrogens with two attached hydrogens (primary N) is 1. The molecule has 168 valence electrons. The Morgan fingerprint density at radius 3 is 2.67 bits per heavy atom. The van der Waals surface area contributed by atoms with E-state index in [1.165, 1.54) is 24.4 Å². The van der Waals surface area contributed by atoms with Gasteiger partial charge in [-0.25, -0.2) is 14.3 Å². The number of aromatic nitrogens is 4. The van der Waals surface area contributed by atoms with Crippen LogP contribution in [0, 0.1) is 6.92 Å². The van der Waals surface area contributed by atoms with Gasteiger partial charge in [-0.1, -0.05) is 18.2 Å². The number of rotatable bonds is 6. The summed E-state index contributed by atoms with van der Waals surface area (Å²) in [5.74, 6) is -1.37. The molecule has 2 aromatic heterocycles. The van der Waals surface area contributed by atoms with Crippen LogP contribution in [-0.2, 0) is 11.2 Å². The second-order valence-electron chi connectivity index (χ2n) is 7.49. The van der Waals surface area contributed by atoms with Crippen LogP contribution in [0.4, 0.5) is 5.95 Å². The van der Waals surface area contributed by atoms with E-state index in [4.69, 9.17) is 5.73 Å². The molecule has 0 bridgehead atoms. The molecule has 2 aromatic carbocycles. The molecular formula is C22H20N6O5. The number of carbonyl (C=O) groups is 1. The number of carbonyl (C=O) groups excluding carboxylic acids is 1. The molecule has 4 rings (SSSR count). The van der Waals surface area contributed by atoms with Crippen molar-refractivity contribution < 1.29 is 15.0 Å². The Bertz CT molecular complexity index is 1490. The second kappa shape index (κ2) is 8.46. The second-order valence-corrected chi connectivity index (χ2v) is 7.49. The first-order chi connectivity index (χ1) is 15.7. The van der Waals surface area contributed by atoms with Crippen LogP contribution in [0.15, 0.2) is 58.3 Å². The van der Waals surface area contributed by atoms with Gasteiger partial charge < -0.3 is 21.3 Å². The van der Waals surface area contributed by atoms with Gasteiger partial charge in [0.15, 0.2) is 17.1 Å². The molecule has 0 fully saturated rings. The zero-order chi connectivity index (χ0) is 23.7. The first-order valence-corrected chi connectivity index (χ1v) is 9.89. The summed E-state index contributed by atoms with van der Waals surface area (Å²) in [7, 11) is 0. The van der Waals surface area contributed by atoms with Gasteiger partial charge >= 0.3 is 5.69 Å². The number of fused-ring (bicyclic) bond motifs is 1. The number of aryl methyl sites for hydroxylation is 1. The van der Waals surface area contributed by atoms with Crippen molar-refractivity contribution in [2.75, 3.05) is 5.32 Å². The van der Waals surface area contributed by atoms with Crippen LogP contribution in [0.2, 0.25) is 0 Å². The molecule has 11 nitrogen and oxygen atoms in total. The molecule has 4 aromatic rings. The third-order valence-electron chi connectivity index (χ3n) is 5.04. The van der Waals surface area contributed by atoms with E-state index in [1.54, 1.807) is 18.2 Å². The van der Waals surface area contributed by atoms with Gasteiger partial charge in [0, 0.05) is 12.6 Å². The van der Waals surface area contributed by atoms with E-state index in [-0.39, 0.29) is 34.9 Å². The van der Waals surface area contributed by atoms with Crippen molar-refractivity contribution in [1.82, 2.24) is 19.5 Å². The summed E-state index contributed by atoms with van der Waals surface area (Å²) < 4.78 is 0.995. The quantitative estimate of drug-likeness (QED) is 0.268. The Balaban J connectivity index is 1.67. The van der Waals surface area contributed by atoms with E-state index in [2.05, 4.69) is 20.3 Å². The maximum absolute atomic E-state index is 12.9. The highest BCUT2D eigenvalue weighted by Gasteiger charge is 2.19. The summed E-state index contributed by atoms with van der Waals surface area (Å²) in [5, 5.41) is 22.0. The topological polar surface area (TPSA) is 176 Å². The van der Waals surface area contributed by atoms with E-state index >= 15 is 0 Å². The minimum Gasteiger partial charge on any atom is -0.504 e. The molecule has 2 heterocycles. The predicted molar refractivity (Wildman–Crippen MR) is 121 cm³/mol. The normalized spacial score (nSPS) is 11.9. The van der Waals surface area contributed by atoms with E-state index in [1.807, 2.05) is 13.0 Å². The van der Waals surface area contributed by atoms with Crippen molar-refractivity contribution >= 4 is 22.9 Å². The van der Waals surface area contributed by atoms with Crippen LogP contribution >= 0.6 is 0 Å². The van der Waals surface area contributed by atoms with Gasteiger partial charge in [-0.3, -0.25) is 14.6 Å². The lowest BCUT2D eigenvalue weighted by Crippen LogP contribution is -2.38. The van der Waals surface area contributed by atoms with Gasteiger partial charge in [-0.05, 0) is 42.3 Å². The lowest BCUT2D eigenvalue weighted by atomic mass is 10.0. The van der Waals surface area contributed by atoms with E-state index in [0.29, 0.717) is 11.3 Å². The molecule has 0 saturated carbocycles. The minimum absolute atomic E-state index is 0.00287. The van der Waals surface area contributed by atoms with E-state index in [9.17, 15) is 24.6 Å². The molecule has 1 amide bonds. The van der Waals surface area contributed by atoms with Crippen molar-refractivity contribution in [3.8, 4) is 17.2 Å². The molecule has 0 radical (unpaired) electrons. The zero-order valence-electron chi connectivity index (χ0n) is 17.4. The number of hydrogen-bond acceptors (Lipinski definition) is 8. The molecule has 11 heteroatoms. The minimum atomic E-state index is -0.967. The fourth-order valence-electron chi connectivity index (χ4n) is 3.38. The Kier molecular flexibility index (Phi) is 5.53. The van der Waals surface area contributed by atoms with Crippen molar-refractivity contribution in [1.29, 1.82) is 0 Å². The predicted octanol–water partition coefficient (Wildman–Crippen LogP) is 0.697. The fourth-order valence-corrected chi connectivity index (χ4v) is 3.38. The molecule has 1 atom stereocenters. The number of aromatic hydroxyl groups is 2. The first kappa shape index (κ1) is 21.6. The molecule has 0 spiro atoms. The average molecular weight is 448 g/mol. The fraction of sp³-hybridized carbons (Fsp3) is 0.136. The number of nitrogens with one attached hydrogen (secondary N) is 2. The number of hydrogen-bond donors (Lipinski definition) is 5. The summed E-state index contributed by atoms with van der Waals surface area (Å²) in [5.41, 5.74) is 6.04. The Hall–Kier alpha value is -4.67. The lowest BCUT2D eigenvalue weighted by Gasteiger charge is -2.16. The van der Waals surface area contributed by atoms with Crippen molar-refractivity contribution in [3.05, 3.63) is 80.6 Å². The number of aromatic amines is 1. The third-order valence-corrected chi connectivity index (χ3v) is 5.04. The van der Waals surface area contributed by atoms with Gasteiger partial charge in [-0.2, -0.15) is 4.98 Å². The molecule has 0 aliphatic carbocycles. The molecule has 0 unspecified atom stereocenters. The Morgan fingerprint density at radius 2 is 1.97 bits per heavy atom. The lowest BCUT2D eigenvalue weighted by molar-refractivity contribution is -0.118. The van der Waals surface area contributed by atoms with Gasteiger partial charge in [0.05, 0.1) is 5.69 Å². The highest BCUT2D eigenvalue weighted by molar-refractivity contribution is 5.83. The van der Waals surface area contributed by atoms with Crippen LogP contribution in [0.5, 0.6) is 11.5 Å². The zero-order valence-corrected chi connectivity index (χ0v) is 17.4. The van der Waals surface area contributed by atoms with E-state index < -0.39 is 23.2 Å². The van der Waals surface area contributed by atoms with Gasteiger partial charge in [0.1, 0.15) is 11.4 Å². The summed E-state index contributed by atoms with van der Waals surface area (Å²) in [6.45, 7) is 1.85. The van der Waals surface area contributed by atoms with Gasteiger partial charge in [-0.15, -0.1) is 0 Å². The number of phenols is 2. The highest BCUT2D eigenvalue weighted by Crippen LogP contribution is 2.25. The maximum atomic E-state index is 12.9. The van der Waals surface area contributed by atoms with Gasteiger partial charge in [0.2, 0.25) is 11.9 Å². The monoisotopic (exact) mass is 448 g/mol. The Labute approximate surface area is 186 Å². The Morgan fingerprint density at radius 1 is 1.18 bits per heavy atom. The maximum Gasteiger partial charge on any atom is 0.334 e. The van der Waals surface area contributed by atoms with Crippen molar-refractivity contribution in [2.24, 2.45) is 5.73 Å². The number of primary amides is 1. The van der Waals surface area contributed by atoms with Crippen molar-refractivity contribution in [3.63, 3.8) is 0 Å². The summed E-state index contributed by atoms with van der Waals surface area (Å²) >= 11 is 0. The molecule has 0 aliphatic heterocycles. The van der Waals surface area contributed by atoms with Crippen LogP contribution < -0.4 is 22.3 Å². The van der Waals surface area contributed by atoms with Crippen LogP contribution in [-0.4, -0.2) is 41.7 Å². The number of phenolic OH excluding ortho intramolecular Hbond substituents is 2. The largest absolute Gasteiger partial charge is 0.504 e. The van der Waals surface area contributed by atoms with Crippen LogP contribution in [0.25, 0.3) is 16.7 Å².